The molecule has 0 aliphatic heterocycles. The first-order chi connectivity index (χ1) is 31.9. The van der Waals surface area contributed by atoms with Crippen LogP contribution in [0.2, 0.25) is 0 Å². The molecular formula is C49H45IrN3O-2. The third-order valence-corrected chi connectivity index (χ3v) is 8.21. The molecule has 0 fully saturated rings. The monoisotopic (exact) mass is 900 g/mol. The molecule has 4 nitrogen and oxygen atoms in total. The van der Waals surface area contributed by atoms with Gasteiger partial charge in [0.25, 0.3) is 0 Å². The van der Waals surface area contributed by atoms with Gasteiger partial charge in [0, 0.05) is 65.5 Å². The number of aryl methyl sites for hydroxylation is 4. The quantitative estimate of drug-likeness (QED) is 0.156. The van der Waals surface area contributed by atoms with Crippen molar-refractivity contribution < 1.29 is 46.5 Å². The van der Waals surface area contributed by atoms with Crippen LogP contribution in [0.15, 0.2) is 126 Å². The predicted molar refractivity (Wildman–Crippen MR) is 219 cm³/mol. The fourth-order valence-corrected chi connectivity index (χ4v) is 5.82. The van der Waals surface area contributed by atoms with Gasteiger partial charge < -0.3 is 14.4 Å². The summed E-state index contributed by atoms with van der Waals surface area (Å²) < 4.78 is 134. The Balaban J connectivity index is 0.000000238. The topological polar surface area (TPSA) is 51.8 Å². The summed E-state index contributed by atoms with van der Waals surface area (Å²) in [6.07, 6.45) is -0.946. The van der Waals surface area contributed by atoms with E-state index < -0.39 is 51.1 Å². The number of hydrogen-bond donors (Lipinski definition) is 0. The predicted octanol–water partition coefficient (Wildman–Crippen LogP) is 12.5. The molecule has 0 aliphatic rings. The SMILES string of the molecule is [2H]C([2H])([2H])c1c[c-]c(-c2ccc(C([2H])([2H])C(C)(C)C)cn2)cc1-c1ccccc1.[2H]C([2H])([2H])c1ccc(C([2H])([2H])c2ccnc(-c3[c-]ccc4c3oc3nc(C([2H])([2H])[2H])ccc34)c2)c(C([2H])([2H])[2H])c1.[Ir]. The molecule has 0 aliphatic carbocycles. The number of hydrogen-bond acceptors (Lipinski definition) is 4. The van der Waals surface area contributed by atoms with Gasteiger partial charge in [-0.2, -0.15) is 0 Å². The number of benzene rings is 4. The fourth-order valence-electron chi connectivity index (χ4n) is 5.82. The average Bonchev–Trinajstić information content (AvgIpc) is 3.66. The molecule has 0 atom stereocenters. The number of furan rings is 1. The molecule has 8 aromatic rings. The Bertz CT molecular complexity index is 3150. The van der Waals surface area contributed by atoms with E-state index in [0.29, 0.717) is 44.3 Å². The first kappa shape index (κ1) is 22.9. The minimum atomic E-state index is -2.77. The number of nitrogens with zero attached hydrogens (tertiary/aromatic N) is 3. The van der Waals surface area contributed by atoms with E-state index in [1.165, 1.54) is 42.6 Å². The summed E-state index contributed by atoms with van der Waals surface area (Å²) in [5.74, 6) is 0. The van der Waals surface area contributed by atoms with Crippen LogP contribution in [-0.4, -0.2) is 15.0 Å². The van der Waals surface area contributed by atoms with Gasteiger partial charge in [-0.05, 0) is 96.1 Å². The van der Waals surface area contributed by atoms with Crippen molar-refractivity contribution in [2.75, 3.05) is 0 Å². The van der Waals surface area contributed by atoms with Gasteiger partial charge in [-0.15, -0.1) is 47.5 Å². The Morgan fingerprint density at radius 1 is 0.759 bits per heavy atom. The maximum Gasteiger partial charge on any atom is 0.216 e. The maximum atomic E-state index is 8.90. The molecule has 0 unspecified atom stereocenters. The minimum absolute atomic E-state index is 0. The maximum absolute atomic E-state index is 8.90. The van der Waals surface area contributed by atoms with Crippen LogP contribution in [-0.2, 0) is 32.9 Å². The molecule has 0 saturated heterocycles. The standard InChI is InChI=1S/C26H21N2O.C23H24N.Ir/c1-16-7-9-20(17(2)13-16)14-19-11-12-27-24(15-19)23-6-4-5-21-22-10-8-18(3)28-26(22)29-25(21)23;1-17-10-12-20(14-21(17)19-8-6-5-7-9-19)22-13-11-18(16-24-22)15-23(2,3)4;/h4-5,7-13,15H,14H2,1-3H3;5-11,13-14,16H,15H2,1-4H3;/q2*-1;/i1D3,2D3,3D3,14D2;1D3,15D2;. The van der Waals surface area contributed by atoms with Gasteiger partial charge in [-0.3, -0.25) is 0 Å². The molecule has 0 spiro atoms. The van der Waals surface area contributed by atoms with E-state index in [1.54, 1.807) is 42.6 Å². The molecule has 0 bridgehead atoms. The summed E-state index contributed by atoms with van der Waals surface area (Å²) in [6.45, 7) is -4.43. The second kappa shape index (κ2) is 16.4. The van der Waals surface area contributed by atoms with E-state index in [-0.39, 0.29) is 59.5 Å². The number of fused-ring (bicyclic) bond motifs is 3. The molecule has 1 radical (unpaired) electrons. The average molecular weight is 900 g/mol. The normalized spacial score (nSPS) is 17.1. The summed E-state index contributed by atoms with van der Waals surface area (Å²) >= 11 is 0. The van der Waals surface area contributed by atoms with Crippen molar-refractivity contribution in [3.05, 3.63) is 173 Å². The van der Waals surface area contributed by atoms with Gasteiger partial charge in [-0.25, -0.2) is 4.98 Å². The van der Waals surface area contributed by atoms with Crippen LogP contribution < -0.4 is 0 Å². The molecule has 4 aromatic heterocycles. The van der Waals surface area contributed by atoms with Crippen molar-refractivity contribution in [2.45, 2.75) is 60.9 Å². The summed E-state index contributed by atoms with van der Waals surface area (Å²) in [7, 11) is 0. The third-order valence-electron chi connectivity index (χ3n) is 8.21. The Morgan fingerprint density at radius 2 is 1.63 bits per heavy atom. The number of aromatic nitrogens is 3. The molecule has 0 N–H and O–H groups in total. The zero-order valence-electron chi connectivity index (χ0n) is 45.6. The minimum Gasteiger partial charge on any atom is -0.486 e. The van der Waals surface area contributed by atoms with Crippen LogP contribution in [0.3, 0.4) is 0 Å². The number of rotatable bonds is 6. The van der Waals surface area contributed by atoms with Crippen LogP contribution in [0.4, 0.5) is 0 Å². The Labute approximate surface area is 355 Å². The summed E-state index contributed by atoms with van der Waals surface area (Å²) in [4.78, 5) is 13.0. The third kappa shape index (κ3) is 8.93. The zero-order valence-corrected chi connectivity index (χ0v) is 32.0. The summed E-state index contributed by atoms with van der Waals surface area (Å²) in [5.41, 5.74) is 3.17. The van der Waals surface area contributed by atoms with E-state index >= 15 is 0 Å². The van der Waals surface area contributed by atoms with Gasteiger partial charge in [0.05, 0.1) is 5.58 Å². The fraction of sp³-hybridized carbons (Fsp3) is 0.204. The van der Waals surface area contributed by atoms with Crippen LogP contribution in [0.1, 0.15) is 81.8 Å². The van der Waals surface area contributed by atoms with E-state index in [1.807, 2.05) is 51.1 Å². The van der Waals surface area contributed by atoms with Crippen molar-refractivity contribution in [3.8, 4) is 33.6 Å². The van der Waals surface area contributed by atoms with Crippen LogP contribution in [0.25, 0.3) is 55.7 Å². The van der Waals surface area contributed by atoms with Crippen molar-refractivity contribution in [1.82, 2.24) is 15.0 Å². The Morgan fingerprint density at radius 3 is 2.39 bits per heavy atom. The van der Waals surface area contributed by atoms with E-state index in [4.69, 9.17) is 26.3 Å². The van der Waals surface area contributed by atoms with Crippen LogP contribution in [0.5, 0.6) is 0 Å². The van der Waals surface area contributed by atoms with Crippen molar-refractivity contribution in [2.24, 2.45) is 5.41 Å². The largest absolute Gasteiger partial charge is 0.486 e. The van der Waals surface area contributed by atoms with Gasteiger partial charge in [-0.1, -0.05) is 116 Å². The first-order valence-electron chi connectivity index (χ1n) is 24.8. The molecule has 8 rings (SSSR count). The molecular weight excluding hydrogens is 839 g/mol. The number of pyridine rings is 3. The molecule has 4 aromatic carbocycles. The smallest absolute Gasteiger partial charge is 0.216 e. The van der Waals surface area contributed by atoms with Gasteiger partial charge >= 0.3 is 0 Å². The molecule has 0 saturated carbocycles. The second-order valence-corrected chi connectivity index (χ2v) is 13.4. The molecule has 273 valence electrons. The summed E-state index contributed by atoms with van der Waals surface area (Å²) in [6, 6.07) is 34.9. The van der Waals surface area contributed by atoms with E-state index in [0.717, 1.165) is 11.6 Å². The van der Waals surface area contributed by atoms with E-state index in [2.05, 4.69) is 27.1 Å². The van der Waals surface area contributed by atoms with Crippen molar-refractivity contribution >= 4 is 22.1 Å². The Kier molecular flexibility index (Phi) is 6.96. The van der Waals surface area contributed by atoms with Gasteiger partial charge in [0.1, 0.15) is 0 Å². The first-order valence-corrected chi connectivity index (χ1v) is 16.8. The van der Waals surface area contributed by atoms with Gasteiger partial charge in [0.15, 0.2) is 0 Å². The molecule has 54 heavy (non-hydrogen) atoms. The van der Waals surface area contributed by atoms with Gasteiger partial charge in [0.2, 0.25) is 5.71 Å². The van der Waals surface area contributed by atoms with Crippen molar-refractivity contribution in [1.29, 1.82) is 0 Å². The summed E-state index contributed by atoms with van der Waals surface area (Å²) in [5, 5.41) is 1.22. The van der Waals surface area contributed by atoms with Crippen molar-refractivity contribution in [3.63, 3.8) is 0 Å². The second-order valence-electron chi connectivity index (χ2n) is 13.4. The molecule has 0 amide bonds. The molecule has 5 heteroatoms. The molecule has 4 heterocycles. The van der Waals surface area contributed by atoms with E-state index in [9.17, 15) is 0 Å². The Hall–Kier alpha value is -5.22. The zero-order chi connectivity index (χ0) is 50.7. The van der Waals surface area contributed by atoms with Crippen LogP contribution >= 0.6 is 0 Å². The van der Waals surface area contributed by atoms with Crippen LogP contribution in [0, 0.1) is 45.0 Å².